The van der Waals surface area contributed by atoms with E-state index in [-0.39, 0.29) is 24.3 Å². The Morgan fingerprint density at radius 3 is 2.42 bits per heavy atom. The molecule has 0 unspecified atom stereocenters. The minimum atomic E-state index is -0.172. The smallest absolute Gasteiger partial charge is 0.126 e. The van der Waals surface area contributed by atoms with Gasteiger partial charge in [0, 0.05) is 6.04 Å². The van der Waals surface area contributed by atoms with Crippen molar-refractivity contribution in [2.75, 3.05) is 0 Å². The molecule has 0 radical (unpaired) electrons. The van der Waals surface area contributed by atoms with E-state index in [2.05, 4.69) is 0 Å². The Labute approximate surface area is 78.2 Å². The Hall–Kier alpha value is -0.600. The van der Waals surface area contributed by atoms with Crippen LogP contribution in [0.3, 0.4) is 0 Å². The predicted molar refractivity (Wildman–Crippen MR) is 51.0 cm³/mol. The lowest BCUT2D eigenvalue weighted by atomic mass is 10.1. The van der Waals surface area contributed by atoms with Crippen molar-refractivity contribution in [3.63, 3.8) is 0 Å². The third-order valence-corrected chi connectivity index (χ3v) is 1.71. The molecule has 0 heterocycles. The van der Waals surface area contributed by atoms with Crippen molar-refractivity contribution in [2.45, 2.75) is 19.9 Å². The van der Waals surface area contributed by atoms with Crippen LogP contribution < -0.4 is 5.73 Å². The summed E-state index contributed by atoms with van der Waals surface area (Å²) < 4.78 is 12.7. The SMILES string of the molecule is Cc1cc([C@H](C)N)ccc1F.Cl. The Balaban J connectivity index is 0.00000121. The monoisotopic (exact) mass is 189 g/mol. The minimum absolute atomic E-state index is 0. The molecule has 1 nitrogen and oxygen atoms in total. The van der Waals surface area contributed by atoms with Crippen LogP contribution >= 0.6 is 12.4 Å². The van der Waals surface area contributed by atoms with E-state index in [1.165, 1.54) is 6.07 Å². The van der Waals surface area contributed by atoms with Gasteiger partial charge in [-0.25, -0.2) is 4.39 Å². The van der Waals surface area contributed by atoms with Crippen LogP contribution in [-0.4, -0.2) is 0 Å². The second-order valence-electron chi connectivity index (χ2n) is 2.80. The number of benzene rings is 1. The third-order valence-electron chi connectivity index (χ3n) is 1.71. The zero-order chi connectivity index (χ0) is 8.43. The Morgan fingerprint density at radius 2 is 2.00 bits per heavy atom. The van der Waals surface area contributed by atoms with Crippen molar-refractivity contribution in [1.82, 2.24) is 0 Å². The highest BCUT2D eigenvalue weighted by molar-refractivity contribution is 5.85. The first-order valence-corrected chi connectivity index (χ1v) is 3.63. The molecule has 0 aromatic heterocycles. The van der Waals surface area contributed by atoms with E-state index in [9.17, 15) is 4.39 Å². The molecular weight excluding hydrogens is 177 g/mol. The van der Waals surface area contributed by atoms with E-state index in [1.807, 2.05) is 6.92 Å². The minimum Gasteiger partial charge on any atom is -0.324 e. The van der Waals surface area contributed by atoms with Crippen molar-refractivity contribution in [2.24, 2.45) is 5.73 Å². The highest BCUT2D eigenvalue weighted by Crippen LogP contribution is 2.13. The number of rotatable bonds is 1. The van der Waals surface area contributed by atoms with Crippen LogP contribution in [0.1, 0.15) is 24.1 Å². The van der Waals surface area contributed by atoms with E-state index >= 15 is 0 Å². The highest BCUT2D eigenvalue weighted by Gasteiger charge is 2.01. The number of hydrogen-bond donors (Lipinski definition) is 1. The molecule has 0 fully saturated rings. The van der Waals surface area contributed by atoms with Gasteiger partial charge in [-0.3, -0.25) is 0 Å². The quantitative estimate of drug-likeness (QED) is 0.722. The molecule has 1 aromatic rings. The standard InChI is InChI=1S/C9H12FN.ClH/c1-6-5-8(7(2)11)3-4-9(6)10;/h3-5,7H,11H2,1-2H3;1H/t7-;/m0./s1. The largest absolute Gasteiger partial charge is 0.324 e. The van der Waals surface area contributed by atoms with Gasteiger partial charge in [0.25, 0.3) is 0 Å². The van der Waals surface area contributed by atoms with Crippen molar-refractivity contribution in [3.05, 3.63) is 35.1 Å². The van der Waals surface area contributed by atoms with Crippen LogP contribution in [0.15, 0.2) is 18.2 Å². The van der Waals surface area contributed by atoms with Crippen LogP contribution in [-0.2, 0) is 0 Å². The molecule has 68 valence electrons. The molecule has 12 heavy (non-hydrogen) atoms. The van der Waals surface area contributed by atoms with Crippen molar-refractivity contribution in [1.29, 1.82) is 0 Å². The van der Waals surface area contributed by atoms with Crippen molar-refractivity contribution < 1.29 is 4.39 Å². The summed E-state index contributed by atoms with van der Waals surface area (Å²) in [5, 5.41) is 0. The molecule has 0 saturated heterocycles. The Kier molecular flexibility index (Phi) is 4.21. The average molecular weight is 190 g/mol. The van der Waals surface area contributed by atoms with E-state index in [4.69, 9.17) is 5.73 Å². The fourth-order valence-corrected chi connectivity index (χ4v) is 0.951. The van der Waals surface area contributed by atoms with Gasteiger partial charge >= 0.3 is 0 Å². The lowest BCUT2D eigenvalue weighted by Crippen LogP contribution is -2.05. The van der Waals surface area contributed by atoms with Crippen LogP contribution in [0, 0.1) is 12.7 Å². The molecule has 2 N–H and O–H groups in total. The summed E-state index contributed by atoms with van der Waals surface area (Å²) in [6, 6.07) is 4.93. The molecule has 0 spiro atoms. The highest BCUT2D eigenvalue weighted by atomic mass is 35.5. The summed E-state index contributed by atoms with van der Waals surface area (Å²) in [4.78, 5) is 0. The molecule has 3 heteroatoms. The summed E-state index contributed by atoms with van der Waals surface area (Å²) in [5.41, 5.74) is 7.24. The first kappa shape index (κ1) is 11.4. The second kappa shape index (κ2) is 4.43. The first-order valence-electron chi connectivity index (χ1n) is 3.63. The summed E-state index contributed by atoms with van der Waals surface area (Å²) in [7, 11) is 0. The Morgan fingerprint density at radius 1 is 1.42 bits per heavy atom. The second-order valence-corrected chi connectivity index (χ2v) is 2.80. The van der Waals surface area contributed by atoms with Gasteiger partial charge in [-0.2, -0.15) is 0 Å². The summed E-state index contributed by atoms with van der Waals surface area (Å²) in [5.74, 6) is -0.172. The van der Waals surface area contributed by atoms with Gasteiger partial charge in [0.1, 0.15) is 5.82 Å². The zero-order valence-corrected chi connectivity index (χ0v) is 7.99. The molecule has 0 aliphatic rings. The van der Waals surface area contributed by atoms with Crippen molar-refractivity contribution in [3.8, 4) is 0 Å². The van der Waals surface area contributed by atoms with Crippen molar-refractivity contribution >= 4 is 12.4 Å². The van der Waals surface area contributed by atoms with Crippen LogP contribution in [0.2, 0.25) is 0 Å². The van der Waals surface area contributed by atoms with Gasteiger partial charge in [-0.15, -0.1) is 12.4 Å². The summed E-state index contributed by atoms with van der Waals surface area (Å²) in [6.45, 7) is 3.62. The molecule has 1 atom stereocenters. The average Bonchev–Trinajstić information content (AvgIpc) is 1.94. The molecule has 1 aromatic carbocycles. The number of aryl methyl sites for hydroxylation is 1. The topological polar surface area (TPSA) is 26.0 Å². The van der Waals surface area contributed by atoms with Gasteiger partial charge in [0.15, 0.2) is 0 Å². The van der Waals surface area contributed by atoms with Gasteiger partial charge in [-0.1, -0.05) is 12.1 Å². The first-order chi connectivity index (χ1) is 5.11. The van der Waals surface area contributed by atoms with Gasteiger partial charge in [0.05, 0.1) is 0 Å². The van der Waals surface area contributed by atoms with E-state index in [0.29, 0.717) is 5.56 Å². The number of halogens is 2. The summed E-state index contributed by atoms with van der Waals surface area (Å²) in [6.07, 6.45) is 0. The third kappa shape index (κ3) is 2.47. The lowest BCUT2D eigenvalue weighted by molar-refractivity contribution is 0.616. The maximum atomic E-state index is 12.7. The summed E-state index contributed by atoms with van der Waals surface area (Å²) >= 11 is 0. The van der Waals surface area contributed by atoms with Crippen LogP contribution in [0.5, 0.6) is 0 Å². The fourth-order valence-electron chi connectivity index (χ4n) is 0.951. The molecule has 0 aliphatic heterocycles. The maximum absolute atomic E-state index is 12.7. The number of hydrogen-bond acceptors (Lipinski definition) is 1. The van der Waals surface area contributed by atoms with E-state index < -0.39 is 0 Å². The molecule has 0 bridgehead atoms. The Bertz CT molecular complexity index is 261. The molecule has 0 amide bonds. The van der Waals surface area contributed by atoms with E-state index in [1.54, 1.807) is 19.1 Å². The predicted octanol–water partition coefficient (Wildman–Crippen LogP) is 2.58. The number of nitrogens with two attached hydrogens (primary N) is 1. The van der Waals surface area contributed by atoms with Crippen LogP contribution in [0.25, 0.3) is 0 Å². The zero-order valence-electron chi connectivity index (χ0n) is 7.17. The van der Waals surface area contributed by atoms with Gasteiger partial charge < -0.3 is 5.73 Å². The fraction of sp³-hybridized carbons (Fsp3) is 0.333. The molecule has 1 rings (SSSR count). The molecule has 0 aliphatic carbocycles. The van der Waals surface area contributed by atoms with E-state index in [0.717, 1.165) is 5.56 Å². The molecular formula is C9H13ClFN. The van der Waals surface area contributed by atoms with Gasteiger partial charge in [-0.05, 0) is 31.0 Å². The lowest BCUT2D eigenvalue weighted by Gasteiger charge is -2.05. The van der Waals surface area contributed by atoms with Crippen LogP contribution in [0.4, 0.5) is 4.39 Å². The molecule has 0 saturated carbocycles. The van der Waals surface area contributed by atoms with Gasteiger partial charge in [0.2, 0.25) is 0 Å². The maximum Gasteiger partial charge on any atom is 0.126 e. The normalized spacial score (nSPS) is 12.0.